The third-order valence-corrected chi connectivity index (χ3v) is 0.926. The molecule has 3 nitrogen and oxygen atoms in total. The summed E-state index contributed by atoms with van der Waals surface area (Å²) < 4.78 is 38.6. The number of esters is 1. The summed E-state index contributed by atoms with van der Waals surface area (Å²) in [5.74, 6) is -3.24. The van der Waals surface area contributed by atoms with Crippen molar-refractivity contribution in [3.05, 3.63) is 0 Å². The molecule has 0 unspecified atom stereocenters. The van der Waals surface area contributed by atoms with Gasteiger partial charge in [0, 0.05) is 29.6 Å². The Morgan fingerprint density at radius 3 is 2.08 bits per heavy atom. The minimum absolute atomic E-state index is 0. The van der Waals surface area contributed by atoms with E-state index in [1.807, 2.05) is 0 Å². The normalized spacial score (nSPS) is 10.2. The molecule has 1 radical (unpaired) electrons. The van der Waals surface area contributed by atoms with Crippen LogP contribution in [-0.4, -0.2) is 54.1 Å². The third kappa shape index (κ3) is 7.04. The van der Waals surface area contributed by atoms with Crippen LogP contribution < -0.4 is 0 Å². The van der Waals surface area contributed by atoms with Gasteiger partial charge in [0.05, 0.1) is 6.61 Å². The predicted octanol–water partition coefficient (Wildman–Crippen LogP) is 0.690. The number of halogens is 3. The van der Waals surface area contributed by atoms with Gasteiger partial charge in [0.15, 0.2) is 0 Å². The Morgan fingerprint density at radius 1 is 1.31 bits per heavy atom. The molecule has 0 aliphatic carbocycles. The van der Waals surface area contributed by atoms with Crippen molar-refractivity contribution in [1.82, 2.24) is 0 Å². The van der Waals surface area contributed by atoms with Crippen molar-refractivity contribution in [2.45, 2.75) is 19.5 Å². The number of carbonyl (C=O) groups is 2. The van der Waals surface area contributed by atoms with Gasteiger partial charge in [-0.15, -0.1) is 0 Å². The Kier molecular flexibility index (Phi) is 7.58. The van der Waals surface area contributed by atoms with E-state index < -0.39 is 24.3 Å². The molecule has 0 aromatic carbocycles. The first kappa shape index (κ1) is 15.4. The predicted molar refractivity (Wildman–Crippen MR) is 38.1 cm³/mol. The van der Waals surface area contributed by atoms with Crippen molar-refractivity contribution in [3.8, 4) is 0 Å². The van der Waals surface area contributed by atoms with E-state index in [4.69, 9.17) is 0 Å². The Balaban J connectivity index is 0. The average molecular weight is 207 g/mol. The molecule has 0 aromatic heterocycles. The maximum absolute atomic E-state index is 11.5. The van der Waals surface area contributed by atoms with Crippen LogP contribution in [-0.2, 0) is 14.3 Å². The van der Waals surface area contributed by atoms with Gasteiger partial charge in [-0.2, -0.15) is 13.2 Å². The summed E-state index contributed by atoms with van der Waals surface area (Å²) in [4.78, 5) is 20.5. The molecule has 0 fully saturated rings. The molecular weight excluding hydrogens is 200 g/mol. The standard InChI is InChI=1S/C6H7F3O3.Na/c1-2-12-5(11)3-4(10)6(7,8)9;/h2-3H2,1H3;. The van der Waals surface area contributed by atoms with E-state index in [9.17, 15) is 22.8 Å². The topological polar surface area (TPSA) is 43.4 Å². The summed E-state index contributed by atoms with van der Waals surface area (Å²) in [7, 11) is 0. The maximum atomic E-state index is 11.5. The van der Waals surface area contributed by atoms with Crippen molar-refractivity contribution >= 4 is 41.3 Å². The molecule has 0 aromatic rings. The van der Waals surface area contributed by atoms with Crippen molar-refractivity contribution < 1.29 is 27.5 Å². The van der Waals surface area contributed by atoms with Gasteiger partial charge in [0.25, 0.3) is 0 Å². The van der Waals surface area contributed by atoms with Gasteiger partial charge in [-0.05, 0) is 6.92 Å². The molecule has 0 saturated carbocycles. The van der Waals surface area contributed by atoms with Crippen molar-refractivity contribution in [2.75, 3.05) is 6.61 Å². The van der Waals surface area contributed by atoms with E-state index in [0.29, 0.717) is 0 Å². The molecule has 7 heteroatoms. The molecule has 0 heterocycles. The van der Waals surface area contributed by atoms with Gasteiger partial charge in [-0.1, -0.05) is 0 Å². The molecule has 0 rings (SSSR count). The first-order valence-electron chi connectivity index (χ1n) is 3.13. The van der Waals surface area contributed by atoms with Crippen LogP contribution in [0.3, 0.4) is 0 Å². The zero-order valence-electron chi connectivity index (χ0n) is 7.27. The molecule has 71 valence electrons. The molecule has 0 atom stereocenters. The number of rotatable bonds is 3. The second-order valence-electron chi connectivity index (χ2n) is 1.90. The van der Waals surface area contributed by atoms with Crippen LogP contribution in [0.5, 0.6) is 0 Å². The Bertz CT molecular complexity index is 190. The number of Topliss-reactive ketones (excluding diaryl/α,β-unsaturated/α-hetero) is 1. The molecule has 0 amide bonds. The monoisotopic (exact) mass is 207 g/mol. The number of hydrogen-bond acceptors (Lipinski definition) is 3. The minimum atomic E-state index is -4.95. The molecule has 0 aliphatic heterocycles. The van der Waals surface area contributed by atoms with Crippen LogP contribution in [0, 0.1) is 0 Å². The van der Waals surface area contributed by atoms with Gasteiger partial charge in [-0.25, -0.2) is 0 Å². The number of carbonyl (C=O) groups excluding carboxylic acids is 2. The number of ketones is 1. The minimum Gasteiger partial charge on any atom is -0.466 e. The van der Waals surface area contributed by atoms with Gasteiger partial charge in [-0.3, -0.25) is 9.59 Å². The summed E-state index contributed by atoms with van der Waals surface area (Å²) in [5.41, 5.74) is 0. The third-order valence-electron chi connectivity index (χ3n) is 0.926. The van der Waals surface area contributed by atoms with Crippen molar-refractivity contribution in [3.63, 3.8) is 0 Å². The molecule has 0 saturated heterocycles. The molecule has 0 N–H and O–H groups in total. The fraction of sp³-hybridized carbons (Fsp3) is 0.667. The Labute approximate surface area is 94.9 Å². The van der Waals surface area contributed by atoms with E-state index in [1.54, 1.807) is 0 Å². The number of hydrogen-bond donors (Lipinski definition) is 0. The largest absolute Gasteiger partial charge is 0.466 e. The molecular formula is C6H7F3NaO3. The van der Waals surface area contributed by atoms with E-state index in [1.165, 1.54) is 6.92 Å². The zero-order chi connectivity index (χ0) is 9.78. The first-order valence-corrected chi connectivity index (χ1v) is 3.13. The fourth-order valence-electron chi connectivity index (χ4n) is 0.443. The molecule has 0 spiro atoms. The smallest absolute Gasteiger partial charge is 0.450 e. The van der Waals surface area contributed by atoms with Gasteiger partial charge in [0.1, 0.15) is 6.42 Å². The van der Waals surface area contributed by atoms with Gasteiger partial charge < -0.3 is 4.74 Å². The van der Waals surface area contributed by atoms with Crippen LogP contribution in [0.15, 0.2) is 0 Å². The maximum Gasteiger partial charge on any atom is 0.450 e. The summed E-state index contributed by atoms with van der Waals surface area (Å²) in [6.45, 7) is 1.40. The van der Waals surface area contributed by atoms with E-state index in [2.05, 4.69) is 4.74 Å². The van der Waals surface area contributed by atoms with Crippen molar-refractivity contribution in [2.24, 2.45) is 0 Å². The van der Waals surface area contributed by atoms with Gasteiger partial charge >= 0.3 is 12.1 Å². The summed E-state index contributed by atoms with van der Waals surface area (Å²) in [6, 6.07) is 0. The summed E-state index contributed by atoms with van der Waals surface area (Å²) >= 11 is 0. The Morgan fingerprint density at radius 2 is 1.77 bits per heavy atom. The fourth-order valence-corrected chi connectivity index (χ4v) is 0.443. The Hall–Kier alpha value is -0.0700. The summed E-state index contributed by atoms with van der Waals surface area (Å²) in [6.07, 6.45) is -6.19. The van der Waals surface area contributed by atoms with E-state index in [-0.39, 0.29) is 36.2 Å². The van der Waals surface area contributed by atoms with Crippen LogP contribution in [0.2, 0.25) is 0 Å². The van der Waals surface area contributed by atoms with Crippen LogP contribution in [0.1, 0.15) is 13.3 Å². The first-order chi connectivity index (χ1) is 5.38. The molecule has 13 heavy (non-hydrogen) atoms. The SMILES string of the molecule is CCOC(=O)CC(=O)C(F)(F)F.[Na]. The molecule has 0 bridgehead atoms. The van der Waals surface area contributed by atoms with Crippen LogP contribution >= 0.6 is 0 Å². The van der Waals surface area contributed by atoms with Crippen LogP contribution in [0.4, 0.5) is 13.2 Å². The van der Waals surface area contributed by atoms with Gasteiger partial charge in [0.2, 0.25) is 5.78 Å². The van der Waals surface area contributed by atoms with Crippen molar-refractivity contribution in [1.29, 1.82) is 0 Å². The van der Waals surface area contributed by atoms with E-state index >= 15 is 0 Å². The average Bonchev–Trinajstić information content (AvgIpc) is 1.85. The molecule has 0 aliphatic rings. The number of ether oxygens (including phenoxy) is 1. The van der Waals surface area contributed by atoms with E-state index in [0.717, 1.165) is 0 Å². The second-order valence-corrected chi connectivity index (χ2v) is 1.90. The number of alkyl halides is 3. The quantitative estimate of drug-likeness (QED) is 0.388. The summed E-state index contributed by atoms with van der Waals surface area (Å²) in [5, 5.41) is 0. The van der Waals surface area contributed by atoms with Crippen LogP contribution in [0.25, 0.3) is 0 Å². The second kappa shape index (κ2) is 6.39. The zero-order valence-corrected chi connectivity index (χ0v) is 9.27.